The number of hydrogen-bond donors (Lipinski definition) is 1. The number of aryl methyl sites for hydroxylation is 1. The van der Waals surface area contributed by atoms with Crippen LogP contribution in [-0.2, 0) is 4.79 Å². The highest BCUT2D eigenvalue weighted by atomic mass is 32.2. The highest BCUT2D eigenvalue weighted by Crippen LogP contribution is 2.34. The highest BCUT2D eigenvalue weighted by molar-refractivity contribution is 8.26. The van der Waals surface area contributed by atoms with Crippen molar-refractivity contribution in [2.75, 3.05) is 6.54 Å². The molecule has 5 nitrogen and oxygen atoms in total. The van der Waals surface area contributed by atoms with Crippen LogP contribution in [0, 0.1) is 13.8 Å². The highest BCUT2D eigenvalue weighted by Gasteiger charge is 2.31. The van der Waals surface area contributed by atoms with Crippen molar-refractivity contribution in [1.29, 1.82) is 0 Å². The monoisotopic (exact) mass is 398 g/mol. The first-order chi connectivity index (χ1) is 12.8. The van der Waals surface area contributed by atoms with Crippen LogP contribution in [0.15, 0.2) is 47.9 Å². The predicted molar refractivity (Wildman–Crippen MR) is 112 cm³/mol. The van der Waals surface area contributed by atoms with Crippen molar-refractivity contribution in [1.82, 2.24) is 9.47 Å². The molecule has 0 spiro atoms. The summed E-state index contributed by atoms with van der Waals surface area (Å²) in [6, 6.07) is 8.75. The van der Waals surface area contributed by atoms with Crippen LogP contribution < -0.4 is 0 Å². The molecule has 1 aliphatic heterocycles. The summed E-state index contributed by atoms with van der Waals surface area (Å²) in [6.45, 7) is 7.94. The van der Waals surface area contributed by atoms with Gasteiger partial charge in [0.1, 0.15) is 4.32 Å². The van der Waals surface area contributed by atoms with Crippen LogP contribution in [-0.4, -0.2) is 37.3 Å². The van der Waals surface area contributed by atoms with E-state index in [4.69, 9.17) is 12.2 Å². The van der Waals surface area contributed by atoms with Gasteiger partial charge in [-0.15, -0.1) is 6.58 Å². The fourth-order valence-electron chi connectivity index (χ4n) is 3.04. The Morgan fingerprint density at radius 3 is 2.74 bits per heavy atom. The summed E-state index contributed by atoms with van der Waals surface area (Å²) in [5.74, 6) is -1.09. The van der Waals surface area contributed by atoms with Gasteiger partial charge in [-0.1, -0.05) is 36.1 Å². The molecule has 1 aromatic heterocycles. The number of aromatic carboxylic acids is 1. The molecule has 138 valence electrons. The van der Waals surface area contributed by atoms with Crippen LogP contribution in [0.4, 0.5) is 0 Å². The van der Waals surface area contributed by atoms with Crippen LogP contribution in [0.2, 0.25) is 0 Å². The van der Waals surface area contributed by atoms with Crippen molar-refractivity contribution >= 4 is 46.3 Å². The first kappa shape index (κ1) is 19.1. The van der Waals surface area contributed by atoms with Crippen molar-refractivity contribution < 1.29 is 14.7 Å². The number of benzene rings is 1. The SMILES string of the molecule is C=CCN1C(=O)/C(=C/c2cc(C)n(-c3cccc(C(=O)O)c3)c2C)SC1=S. The molecule has 0 bridgehead atoms. The third-order valence-corrected chi connectivity index (χ3v) is 5.67. The Morgan fingerprint density at radius 2 is 2.07 bits per heavy atom. The van der Waals surface area contributed by atoms with E-state index in [9.17, 15) is 14.7 Å². The molecule has 1 amide bonds. The van der Waals surface area contributed by atoms with Gasteiger partial charge in [0.05, 0.1) is 10.5 Å². The summed E-state index contributed by atoms with van der Waals surface area (Å²) in [4.78, 5) is 25.9. The summed E-state index contributed by atoms with van der Waals surface area (Å²) >= 11 is 6.55. The van der Waals surface area contributed by atoms with Gasteiger partial charge < -0.3 is 9.67 Å². The molecule has 7 heteroatoms. The number of hydrogen-bond acceptors (Lipinski definition) is 4. The first-order valence-corrected chi connectivity index (χ1v) is 9.45. The molecule has 27 heavy (non-hydrogen) atoms. The van der Waals surface area contributed by atoms with E-state index in [1.165, 1.54) is 16.7 Å². The van der Waals surface area contributed by atoms with E-state index in [2.05, 4.69) is 6.58 Å². The fourth-order valence-corrected chi connectivity index (χ4v) is 4.30. The number of thiocarbonyl (C=S) groups is 1. The lowest BCUT2D eigenvalue weighted by Crippen LogP contribution is -2.27. The second-order valence-corrected chi connectivity index (χ2v) is 7.77. The Balaban J connectivity index is 2.01. The maximum atomic E-state index is 12.5. The molecule has 1 saturated heterocycles. The summed E-state index contributed by atoms with van der Waals surface area (Å²) in [5, 5.41) is 9.23. The van der Waals surface area contributed by atoms with Crippen LogP contribution in [0.3, 0.4) is 0 Å². The molecule has 0 unspecified atom stereocenters. The van der Waals surface area contributed by atoms with Gasteiger partial charge in [-0.05, 0) is 49.8 Å². The summed E-state index contributed by atoms with van der Waals surface area (Å²) in [7, 11) is 0. The number of carbonyl (C=O) groups excluding carboxylic acids is 1. The topological polar surface area (TPSA) is 62.5 Å². The van der Waals surface area contributed by atoms with Gasteiger partial charge in [-0.25, -0.2) is 4.79 Å². The number of amides is 1. The molecule has 3 rings (SSSR count). The molecule has 0 saturated carbocycles. The van der Waals surface area contributed by atoms with Crippen molar-refractivity contribution in [2.45, 2.75) is 13.8 Å². The minimum Gasteiger partial charge on any atom is -0.478 e. The van der Waals surface area contributed by atoms with Crippen molar-refractivity contribution in [3.63, 3.8) is 0 Å². The number of carboxylic acid groups (broad SMARTS) is 1. The molecule has 2 aromatic rings. The molecule has 1 aliphatic rings. The second-order valence-electron chi connectivity index (χ2n) is 6.10. The van der Waals surface area contributed by atoms with Gasteiger partial charge in [0.25, 0.3) is 5.91 Å². The van der Waals surface area contributed by atoms with E-state index in [1.807, 2.05) is 36.6 Å². The molecule has 0 radical (unpaired) electrons. The molecule has 1 aromatic carbocycles. The molecular weight excluding hydrogens is 380 g/mol. The molecule has 0 aliphatic carbocycles. The van der Waals surface area contributed by atoms with Gasteiger partial charge >= 0.3 is 5.97 Å². The van der Waals surface area contributed by atoms with E-state index in [0.717, 1.165) is 22.6 Å². The molecular formula is C20H18N2O3S2. The lowest BCUT2D eigenvalue weighted by atomic mass is 10.2. The minimum absolute atomic E-state index is 0.123. The Hall–Kier alpha value is -2.64. The summed E-state index contributed by atoms with van der Waals surface area (Å²) in [6.07, 6.45) is 3.48. The first-order valence-electron chi connectivity index (χ1n) is 8.22. The predicted octanol–water partition coefficient (Wildman–Crippen LogP) is 4.18. The zero-order valence-electron chi connectivity index (χ0n) is 14.9. The Kier molecular flexibility index (Phi) is 5.34. The molecule has 1 fully saturated rings. The third kappa shape index (κ3) is 3.61. The maximum Gasteiger partial charge on any atom is 0.335 e. The normalized spacial score (nSPS) is 15.6. The van der Waals surface area contributed by atoms with E-state index < -0.39 is 5.97 Å². The number of carbonyl (C=O) groups is 2. The standard InChI is InChI=1S/C20H18N2O3S2/c1-4-8-21-18(23)17(27-20(21)26)11-15-9-12(2)22(13(15)3)16-7-5-6-14(10-16)19(24)25/h4-7,9-11H,1,8H2,2-3H3,(H,24,25)/b17-11-. The quantitative estimate of drug-likeness (QED) is 0.465. The number of carboxylic acids is 1. The fraction of sp³-hybridized carbons (Fsp3) is 0.150. The van der Waals surface area contributed by atoms with E-state index >= 15 is 0 Å². The Morgan fingerprint density at radius 1 is 1.33 bits per heavy atom. The third-order valence-electron chi connectivity index (χ3n) is 4.29. The van der Waals surface area contributed by atoms with Crippen LogP contribution >= 0.6 is 24.0 Å². The zero-order chi connectivity index (χ0) is 19.7. The molecule has 0 atom stereocenters. The maximum absolute atomic E-state index is 12.5. The Bertz CT molecular complexity index is 1000. The van der Waals surface area contributed by atoms with Crippen molar-refractivity contribution in [2.24, 2.45) is 0 Å². The molecule has 1 N–H and O–H groups in total. The lowest BCUT2D eigenvalue weighted by molar-refractivity contribution is -0.121. The van der Waals surface area contributed by atoms with Crippen LogP contribution in [0.1, 0.15) is 27.3 Å². The van der Waals surface area contributed by atoms with Crippen molar-refractivity contribution in [3.8, 4) is 5.69 Å². The number of thioether (sulfide) groups is 1. The van der Waals surface area contributed by atoms with Gasteiger partial charge in [0, 0.05) is 23.6 Å². The average Bonchev–Trinajstić information content (AvgIpc) is 3.05. The second kappa shape index (κ2) is 7.54. The van der Waals surface area contributed by atoms with Gasteiger partial charge in [0.2, 0.25) is 0 Å². The average molecular weight is 399 g/mol. The minimum atomic E-state index is -0.967. The molecule has 2 heterocycles. The Labute approximate surface area is 167 Å². The lowest BCUT2D eigenvalue weighted by Gasteiger charge is -2.11. The number of nitrogens with zero attached hydrogens (tertiary/aromatic N) is 2. The van der Waals surface area contributed by atoms with Crippen molar-refractivity contribution in [3.05, 3.63) is 70.4 Å². The van der Waals surface area contributed by atoms with Gasteiger partial charge in [-0.3, -0.25) is 9.69 Å². The summed E-state index contributed by atoms with van der Waals surface area (Å²) < 4.78 is 2.50. The van der Waals surface area contributed by atoms with E-state index in [0.29, 0.717) is 15.8 Å². The van der Waals surface area contributed by atoms with Gasteiger partial charge in [-0.2, -0.15) is 0 Å². The smallest absolute Gasteiger partial charge is 0.335 e. The zero-order valence-corrected chi connectivity index (χ0v) is 16.6. The number of aromatic nitrogens is 1. The summed E-state index contributed by atoms with van der Waals surface area (Å²) in [5.41, 5.74) is 3.76. The van der Waals surface area contributed by atoms with E-state index in [-0.39, 0.29) is 11.5 Å². The van der Waals surface area contributed by atoms with Crippen LogP contribution in [0.5, 0.6) is 0 Å². The van der Waals surface area contributed by atoms with Gasteiger partial charge in [0.15, 0.2) is 0 Å². The van der Waals surface area contributed by atoms with Crippen LogP contribution in [0.25, 0.3) is 11.8 Å². The van der Waals surface area contributed by atoms with E-state index in [1.54, 1.807) is 24.3 Å². The number of rotatable bonds is 5. The largest absolute Gasteiger partial charge is 0.478 e.